The van der Waals surface area contributed by atoms with Crippen LogP contribution < -0.4 is 16.0 Å². The first-order valence-electron chi connectivity index (χ1n) is 11.6. The van der Waals surface area contributed by atoms with Gasteiger partial charge in [-0.15, -0.1) is 5.06 Å². The number of hydrogen-bond acceptors (Lipinski definition) is 9. The molecule has 5 amide bonds. The Balaban J connectivity index is 1.19. The number of hydroxylamine groups is 2. The molecule has 3 rings (SSSR count). The lowest BCUT2D eigenvalue weighted by atomic mass is 10.0. The summed E-state index contributed by atoms with van der Waals surface area (Å²) >= 11 is 1.85. The van der Waals surface area contributed by atoms with Gasteiger partial charge in [-0.2, -0.15) is 20.2 Å². The molecule has 0 spiro atoms. The molecule has 0 aromatic rings. The number of unbranched alkanes of at least 4 members (excludes halogenated alkanes) is 3. The maximum atomic E-state index is 12.0. The number of carbonyl (C=O) groups is 5. The van der Waals surface area contributed by atoms with Crippen LogP contribution in [0, 0.1) is 0 Å². The van der Waals surface area contributed by atoms with Crippen molar-refractivity contribution in [3.8, 4) is 0 Å². The highest BCUT2D eigenvalue weighted by Gasteiger charge is 2.48. The van der Waals surface area contributed by atoms with Crippen molar-refractivity contribution in [3.63, 3.8) is 0 Å². The molecule has 35 heavy (non-hydrogen) atoms. The van der Waals surface area contributed by atoms with Crippen LogP contribution in [0.2, 0.25) is 0 Å². The van der Waals surface area contributed by atoms with Crippen molar-refractivity contribution in [1.82, 2.24) is 21.0 Å². The Morgan fingerprint density at radius 3 is 2.54 bits per heavy atom. The second-order valence-electron chi connectivity index (χ2n) is 8.73. The number of imide groups is 1. The molecule has 0 aromatic heterocycles. The molecule has 0 radical (unpaired) electrons. The fraction of sp³-hybridized carbons (Fsp3) is 0.750. The van der Waals surface area contributed by atoms with E-state index in [1.165, 1.54) is 0 Å². The van der Waals surface area contributed by atoms with E-state index in [1.54, 1.807) is 0 Å². The molecule has 3 fully saturated rings. The molecule has 4 atom stereocenters. The van der Waals surface area contributed by atoms with Crippen LogP contribution >= 0.6 is 11.8 Å². The third-order valence-electron chi connectivity index (χ3n) is 6.08. The molecule has 3 aliphatic rings. The number of rotatable bonds is 13. The summed E-state index contributed by atoms with van der Waals surface area (Å²) in [5.74, 6) is -2.30. The Kier molecular flexibility index (Phi) is 9.35. The van der Waals surface area contributed by atoms with Gasteiger partial charge >= 0.3 is 12.0 Å². The minimum atomic E-state index is -4.76. The van der Waals surface area contributed by atoms with Crippen LogP contribution in [0.4, 0.5) is 4.79 Å². The van der Waals surface area contributed by atoms with Crippen LogP contribution in [0.5, 0.6) is 0 Å². The van der Waals surface area contributed by atoms with Gasteiger partial charge in [0.15, 0.2) is 5.25 Å². The molecule has 4 N–H and O–H groups in total. The fourth-order valence-electron chi connectivity index (χ4n) is 4.22. The quantitative estimate of drug-likeness (QED) is 0.107. The smallest absolute Gasteiger partial charge is 0.333 e. The number of nitrogens with one attached hydrogen (secondary N) is 3. The zero-order valence-corrected chi connectivity index (χ0v) is 20.7. The van der Waals surface area contributed by atoms with E-state index in [4.69, 9.17) is 4.55 Å². The first-order chi connectivity index (χ1) is 16.6. The summed E-state index contributed by atoms with van der Waals surface area (Å²) in [7, 11) is -4.76. The third-order valence-corrected chi connectivity index (χ3v) is 8.67. The maximum Gasteiger partial charge on any atom is 0.333 e. The highest BCUT2D eigenvalue weighted by atomic mass is 32.2. The minimum absolute atomic E-state index is 0.0448. The van der Waals surface area contributed by atoms with Crippen molar-refractivity contribution in [2.24, 2.45) is 0 Å². The molecule has 0 saturated carbocycles. The van der Waals surface area contributed by atoms with E-state index in [2.05, 4.69) is 20.8 Å². The predicted molar refractivity (Wildman–Crippen MR) is 123 cm³/mol. The van der Waals surface area contributed by atoms with Crippen molar-refractivity contribution in [2.75, 3.05) is 12.3 Å². The molecule has 3 aliphatic heterocycles. The average molecular weight is 535 g/mol. The van der Waals surface area contributed by atoms with Crippen LogP contribution in [0.3, 0.4) is 0 Å². The lowest BCUT2D eigenvalue weighted by Crippen LogP contribution is -2.36. The monoisotopic (exact) mass is 534 g/mol. The number of hydrogen-bond donors (Lipinski definition) is 4. The highest BCUT2D eigenvalue weighted by Crippen LogP contribution is 2.33. The molecular formula is C20H30N4O9S2. The summed E-state index contributed by atoms with van der Waals surface area (Å²) in [4.78, 5) is 63.3. The Morgan fingerprint density at radius 2 is 1.83 bits per heavy atom. The molecule has 13 nitrogen and oxygen atoms in total. The Hall–Kier alpha value is -2.39. The zero-order chi connectivity index (χ0) is 25.6. The zero-order valence-electron chi connectivity index (χ0n) is 19.1. The van der Waals surface area contributed by atoms with Gasteiger partial charge in [-0.05, 0) is 25.7 Å². The normalized spacial score (nSPS) is 25.9. The van der Waals surface area contributed by atoms with Gasteiger partial charge in [0, 0.05) is 30.4 Å². The number of amides is 5. The van der Waals surface area contributed by atoms with Crippen molar-refractivity contribution in [2.45, 2.75) is 80.4 Å². The maximum absolute atomic E-state index is 12.0. The van der Waals surface area contributed by atoms with Crippen LogP contribution in [0.1, 0.15) is 57.8 Å². The van der Waals surface area contributed by atoms with E-state index in [0.717, 1.165) is 25.0 Å². The van der Waals surface area contributed by atoms with Gasteiger partial charge in [0.1, 0.15) is 0 Å². The van der Waals surface area contributed by atoms with E-state index in [9.17, 15) is 32.4 Å². The number of fused-ring (bicyclic) bond motifs is 1. The second kappa shape index (κ2) is 12.0. The fourth-order valence-corrected chi connectivity index (χ4v) is 6.47. The third kappa shape index (κ3) is 7.54. The Morgan fingerprint density at radius 1 is 1.09 bits per heavy atom. The Bertz CT molecular complexity index is 958. The number of thioether (sulfide) groups is 1. The van der Waals surface area contributed by atoms with Crippen molar-refractivity contribution in [3.05, 3.63) is 0 Å². The number of carbonyl (C=O) groups excluding carboxylic acids is 5. The van der Waals surface area contributed by atoms with Crippen LogP contribution in [0.15, 0.2) is 0 Å². The van der Waals surface area contributed by atoms with Crippen LogP contribution in [0.25, 0.3) is 0 Å². The summed E-state index contributed by atoms with van der Waals surface area (Å²) in [6.07, 6.45) is 3.76. The second-order valence-corrected chi connectivity index (χ2v) is 11.6. The summed E-state index contributed by atoms with van der Waals surface area (Å²) in [5.41, 5.74) is 0. The van der Waals surface area contributed by atoms with Crippen molar-refractivity contribution >= 4 is 51.6 Å². The molecular weight excluding hydrogens is 504 g/mol. The highest BCUT2D eigenvalue weighted by molar-refractivity contribution is 8.00. The van der Waals surface area contributed by atoms with E-state index in [0.29, 0.717) is 37.5 Å². The molecule has 3 heterocycles. The van der Waals surface area contributed by atoms with E-state index < -0.39 is 39.6 Å². The van der Waals surface area contributed by atoms with Gasteiger partial charge in [-0.3, -0.25) is 18.9 Å². The number of urea groups is 1. The van der Waals surface area contributed by atoms with Gasteiger partial charge in [-0.1, -0.05) is 12.8 Å². The van der Waals surface area contributed by atoms with Gasteiger partial charge in [0.2, 0.25) is 5.91 Å². The molecule has 3 saturated heterocycles. The van der Waals surface area contributed by atoms with E-state index >= 15 is 0 Å². The first-order valence-corrected chi connectivity index (χ1v) is 14.1. The summed E-state index contributed by atoms with van der Waals surface area (Å²) in [5, 5.41) is 7.20. The predicted octanol–water partition coefficient (Wildman–Crippen LogP) is -0.138. The topological polar surface area (TPSA) is 188 Å². The molecule has 0 bridgehead atoms. The Labute approximate surface area is 207 Å². The van der Waals surface area contributed by atoms with Gasteiger partial charge in [0.25, 0.3) is 21.9 Å². The first kappa shape index (κ1) is 27.2. The molecule has 0 unspecified atom stereocenters. The standard InChI is InChI=1S/C20H30N4O9S2/c25-15(7-4-3-6-13-18-12(11-34-13)22-20(29)23-18)21-9-5-1-2-8-17(27)33-24-16(26)10-14(19(24)28)35(30,31)32/h12-14,18H,1-11H2,(H,21,25)(H2,22,23,29)(H,30,31,32)/t12-,13-,14-,18+/m0/s1. The van der Waals surface area contributed by atoms with Gasteiger partial charge < -0.3 is 20.8 Å². The minimum Gasteiger partial charge on any atom is -0.356 e. The van der Waals surface area contributed by atoms with Gasteiger partial charge in [0.05, 0.1) is 18.5 Å². The van der Waals surface area contributed by atoms with E-state index in [1.807, 2.05) is 11.8 Å². The summed E-state index contributed by atoms with van der Waals surface area (Å²) < 4.78 is 31.1. The molecule has 0 aromatic carbocycles. The number of nitrogens with zero attached hydrogens (tertiary/aromatic N) is 1. The van der Waals surface area contributed by atoms with Crippen molar-refractivity contribution < 1.29 is 41.8 Å². The summed E-state index contributed by atoms with van der Waals surface area (Å²) in [6.45, 7) is 0.451. The lowest BCUT2D eigenvalue weighted by molar-refractivity contribution is -0.197. The average Bonchev–Trinajstić information content (AvgIpc) is 3.41. The SMILES string of the molecule is O=C(CCCC[C@@H]1SC[C@@H]2NC(=O)N[C@H]21)NCCCCCC(=O)ON1C(=O)C[C@H](S(=O)(=O)O)C1=O. The largest absolute Gasteiger partial charge is 0.356 e. The molecule has 196 valence electrons. The van der Waals surface area contributed by atoms with Crippen LogP contribution in [-0.2, 0) is 34.1 Å². The van der Waals surface area contributed by atoms with E-state index in [-0.39, 0.29) is 35.5 Å². The summed E-state index contributed by atoms with van der Waals surface area (Å²) in [6, 6.07) is 0.265. The lowest BCUT2D eigenvalue weighted by Gasteiger charge is -2.16. The van der Waals surface area contributed by atoms with Crippen LogP contribution in [-0.4, -0.2) is 82.6 Å². The van der Waals surface area contributed by atoms with Crippen molar-refractivity contribution in [1.29, 1.82) is 0 Å². The molecule has 15 heteroatoms. The molecule has 0 aliphatic carbocycles. The van der Waals surface area contributed by atoms with Gasteiger partial charge in [-0.25, -0.2) is 9.59 Å².